The van der Waals surface area contributed by atoms with E-state index in [2.05, 4.69) is 22.0 Å². The molecule has 128 valence electrons. The van der Waals surface area contributed by atoms with Gasteiger partial charge in [-0.25, -0.2) is 0 Å². The first-order chi connectivity index (χ1) is 12.2. The van der Waals surface area contributed by atoms with Crippen molar-refractivity contribution in [3.8, 4) is 5.75 Å². The van der Waals surface area contributed by atoms with Gasteiger partial charge in [0.1, 0.15) is 5.75 Å². The summed E-state index contributed by atoms with van der Waals surface area (Å²) >= 11 is 0. The van der Waals surface area contributed by atoms with Gasteiger partial charge in [-0.3, -0.25) is 9.88 Å². The summed E-state index contributed by atoms with van der Waals surface area (Å²) in [5, 5.41) is 22.2. The van der Waals surface area contributed by atoms with Crippen LogP contribution in [0.4, 0.5) is 0 Å². The number of phenols is 1. The minimum absolute atomic E-state index is 0.264. The van der Waals surface area contributed by atoms with Crippen molar-refractivity contribution in [2.75, 3.05) is 13.1 Å². The molecule has 0 bridgehead atoms. The van der Waals surface area contributed by atoms with Crippen molar-refractivity contribution in [3.05, 3.63) is 72.1 Å². The van der Waals surface area contributed by atoms with E-state index in [4.69, 9.17) is 0 Å². The molecule has 25 heavy (non-hydrogen) atoms. The lowest BCUT2D eigenvalue weighted by molar-refractivity contribution is 0.141. The van der Waals surface area contributed by atoms with Crippen molar-refractivity contribution in [1.82, 2.24) is 9.88 Å². The van der Waals surface area contributed by atoms with Gasteiger partial charge in [0, 0.05) is 37.9 Å². The highest BCUT2D eigenvalue weighted by Crippen LogP contribution is 2.25. The van der Waals surface area contributed by atoms with E-state index in [1.807, 2.05) is 24.3 Å². The number of β-amino-alcohol motifs (C(OH)–C–C–N with tert-alkyl or cyclic N) is 1. The van der Waals surface area contributed by atoms with Crippen LogP contribution in [0.5, 0.6) is 5.75 Å². The topological polar surface area (TPSA) is 56.6 Å². The molecule has 4 nitrogen and oxygen atoms in total. The van der Waals surface area contributed by atoms with Gasteiger partial charge in [0.15, 0.2) is 0 Å². The predicted octanol–water partition coefficient (Wildman–Crippen LogP) is 2.98. The molecule has 1 aliphatic heterocycles. The fourth-order valence-electron chi connectivity index (χ4n) is 3.73. The zero-order chi connectivity index (χ0) is 17.2. The van der Waals surface area contributed by atoms with Gasteiger partial charge in [-0.05, 0) is 58.7 Å². The lowest BCUT2D eigenvalue weighted by atomic mass is 9.97. The van der Waals surface area contributed by atoms with E-state index in [1.54, 1.807) is 24.5 Å². The van der Waals surface area contributed by atoms with Gasteiger partial charge in [-0.1, -0.05) is 18.2 Å². The van der Waals surface area contributed by atoms with Crippen molar-refractivity contribution in [3.63, 3.8) is 0 Å². The Bertz CT molecular complexity index is 866. The fourth-order valence-corrected chi connectivity index (χ4v) is 3.73. The van der Waals surface area contributed by atoms with Gasteiger partial charge in [0.2, 0.25) is 0 Å². The van der Waals surface area contributed by atoms with Crippen LogP contribution in [0.2, 0.25) is 0 Å². The summed E-state index contributed by atoms with van der Waals surface area (Å²) in [5.74, 6) is 0.557. The molecule has 0 aliphatic carbocycles. The molecule has 2 heterocycles. The molecule has 2 N–H and O–H groups in total. The molecule has 3 aromatic rings. The third-order valence-corrected chi connectivity index (χ3v) is 5.02. The second kappa shape index (κ2) is 6.82. The average Bonchev–Trinajstić information content (AvgIpc) is 2.95. The molecule has 1 fully saturated rings. The Kier molecular flexibility index (Phi) is 4.38. The summed E-state index contributed by atoms with van der Waals surface area (Å²) in [6.07, 6.45) is 4.21. The number of hydrogen-bond acceptors (Lipinski definition) is 4. The van der Waals surface area contributed by atoms with Crippen LogP contribution in [0.15, 0.2) is 60.9 Å². The maximum Gasteiger partial charge on any atom is 0.116 e. The maximum absolute atomic E-state index is 10.4. The zero-order valence-corrected chi connectivity index (χ0v) is 14.0. The summed E-state index contributed by atoms with van der Waals surface area (Å²) in [7, 11) is 0. The first-order valence-corrected chi connectivity index (χ1v) is 8.68. The highest BCUT2D eigenvalue weighted by molar-refractivity contribution is 5.84. The van der Waals surface area contributed by atoms with Gasteiger partial charge in [0.25, 0.3) is 0 Å². The number of fused-ring (bicyclic) bond motifs is 1. The molecule has 0 unspecified atom stereocenters. The zero-order valence-electron chi connectivity index (χ0n) is 14.0. The fraction of sp³-hybridized carbons (Fsp3) is 0.286. The molecule has 0 amide bonds. The van der Waals surface area contributed by atoms with Crippen LogP contribution < -0.4 is 0 Å². The van der Waals surface area contributed by atoms with E-state index in [9.17, 15) is 10.2 Å². The normalized spacial score (nSPS) is 21.0. The number of aliphatic hydroxyl groups excluding tert-OH is 1. The van der Waals surface area contributed by atoms with Crippen LogP contribution in [-0.2, 0) is 13.0 Å². The molecule has 4 heteroatoms. The number of aliphatic hydroxyl groups is 1. The van der Waals surface area contributed by atoms with Crippen molar-refractivity contribution < 1.29 is 10.2 Å². The number of nitrogens with zero attached hydrogens (tertiary/aromatic N) is 2. The summed E-state index contributed by atoms with van der Waals surface area (Å²) in [4.78, 5) is 6.37. The average molecular weight is 334 g/mol. The number of benzene rings is 2. The van der Waals surface area contributed by atoms with E-state index < -0.39 is 0 Å². The molecule has 2 aromatic carbocycles. The molecule has 0 radical (unpaired) electrons. The highest BCUT2D eigenvalue weighted by atomic mass is 16.3. The Morgan fingerprint density at radius 3 is 2.52 bits per heavy atom. The van der Waals surface area contributed by atoms with Crippen LogP contribution in [0.25, 0.3) is 10.8 Å². The predicted molar refractivity (Wildman–Crippen MR) is 98.3 cm³/mol. The number of likely N-dealkylation sites (tertiary alicyclic amines) is 1. The lowest BCUT2D eigenvalue weighted by Gasteiger charge is -2.16. The Morgan fingerprint density at radius 2 is 1.68 bits per heavy atom. The number of rotatable bonds is 4. The largest absolute Gasteiger partial charge is 0.508 e. The van der Waals surface area contributed by atoms with E-state index in [0.29, 0.717) is 12.3 Å². The van der Waals surface area contributed by atoms with E-state index in [1.165, 1.54) is 11.1 Å². The van der Waals surface area contributed by atoms with E-state index in [-0.39, 0.29) is 12.0 Å². The van der Waals surface area contributed by atoms with Gasteiger partial charge in [0.05, 0.1) is 6.10 Å². The Labute approximate surface area is 147 Å². The van der Waals surface area contributed by atoms with E-state index >= 15 is 0 Å². The number of aromatic nitrogens is 1. The Balaban J connectivity index is 1.44. The molecular formula is C21H22N2O2. The summed E-state index contributed by atoms with van der Waals surface area (Å²) in [6, 6.07) is 15.8. The van der Waals surface area contributed by atoms with Crippen molar-refractivity contribution in [2.45, 2.75) is 19.1 Å². The minimum atomic E-state index is -0.287. The van der Waals surface area contributed by atoms with Crippen LogP contribution in [0.3, 0.4) is 0 Å². The first kappa shape index (κ1) is 16.1. The molecule has 1 aromatic heterocycles. The van der Waals surface area contributed by atoms with Crippen molar-refractivity contribution >= 4 is 10.8 Å². The monoisotopic (exact) mass is 334 g/mol. The second-order valence-corrected chi connectivity index (χ2v) is 6.95. The summed E-state index contributed by atoms with van der Waals surface area (Å²) < 4.78 is 0. The van der Waals surface area contributed by atoms with Crippen LogP contribution in [0.1, 0.15) is 11.1 Å². The third-order valence-electron chi connectivity index (χ3n) is 5.02. The Hall–Kier alpha value is -2.43. The molecule has 1 aliphatic rings. The molecule has 2 atom stereocenters. The SMILES string of the molecule is Oc1ccc2cc(CN3C[C@@H](Cc4ccncc4)[C@H](O)C3)ccc2c1. The van der Waals surface area contributed by atoms with Crippen LogP contribution >= 0.6 is 0 Å². The Morgan fingerprint density at radius 1 is 0.920 bits per heavy atom. The number of hydrogen-bond donors (Lipinski definition) is 2. The van der Waals surface area contributed by atoms with Crippen molar-refractivity contribution in [2.24, 2.45) is 5.92 Å². The number of aromatic hydroxyl groups is 1. The van der Waals surface area contributed by atoms with Crippen molar-refractivity contribution in [1.29, 1.82) is 0 Å². The third kappa shape index (κ3) is 3.65. The smallest absolute Gasteiger partial charge is 0.116 e. The van der Waals surface area contributed by atoms with Gasteiger partial charge >= 0.3 is 0 Å². The minimum Gasteiger partial charge on any atom is -0.508 e. The van der Waals surface area contributed by atoms with Gasteiger partial charge in [-0.15, -0.1) is 0 Å². The standard InChI is InChI=1S/C21H22N2O2/c24-20-4-3-17-10-16(1-2-18(17)11-20)12-23-13-19(21(25)14-23)9-15-5-7-22-8-6-15/h1-8,10-11,19,21,24-25H,9,12-14H2/t19-,21-/m1/s1. The first-order valence-electron chi connectivity index (χ1n) is 8.68. The maximum atomic E-state index is 10.4. The molecule has 4 rings (SSSR count). The molecular weight excluding hydrogens is 312 g/mol. The van der Waals surface area contributed by atoms with Crippen LogP contribution in [0, 0.1) is 5.92 Å². The highest BCUT2D eigenvalue weighted by Gasteiger charge is 2.31. The lowest BCUT2D eigenvalue weighted by Crippen LogP contribution is -2.21. The summed E-state index contributed by atoms with van der Waals surface area (Å²) in [6.45, 7) is 2.45. The van der Waals surface area contributed by atoms with E-state index in [0.717, 1.165) is 30.3 Å². The molecule has 0 spiro atoms. The molecule has 1 saturated heterocycles. The number of pyridine rings is 1. The summed E-state index contributed by atoms with van der Waals surface area (Å²) in [5.41, 5.74) is 2.46. The van der Waals surface area contributed by atoms with Gasteiger partial charge in [-0.2, -0.15) is 0 Å². The molecule has 0 saturated carbocycles. The number of phenolic OH excluding ortho intramolecular Hbond substituents is 1. The van der Waals surface area contributed by atoms with Gasteiger partial charge < -0.3 is 10.2 Å². The second-order valence-electron chi connectivity index (χ2n) is 6.95. The van der Waals surface area contributed by atoms with Crippen LogP contribution in [-0.4, -0.2) is 39.3 Å². The quantitative estimate of drug-likeness (QED) is 0.770.